The lowest BCUT2D eigenvalue weighted by Gasteiger charge is -2.25. The molecule has 0 amide bonds. The van der Waals surface area contributed by atoms with Gasteiger partial charge in [0.2, 0.25) is 10.0 Å². The minimum absolute atomic E-state index is 0.0245. The first-order valence-electron chi connectivity index (χ1n) is 5.51. The number of nitrogens with zero attached hydrogens (tertiary/aromatic N) is 2. The fourth-order valence-electron chi connectivity index (χ4n) is 1.52. The van der Waals surface area contributed by atoms with E-state index in [0.717, 1.165) is 0 Å². The van der Waals surface area contributed by atoms with Gasteiger partial charge in [-0.1, -0.05) is 11.6 Å². The molecule has 0 N–H and O–H groups in total. The number of methoxy groups -OCH3 is 1. The molecule has 0 radical (unpaired) electrons. The summed E-state index contributed by atoms with van der Waals surface area (Å²) in [7, 11) is -2.11. The zero-order valence-electron chi connectivity index (χ0n) is 10.6. The number of hydrogen-bond acceptors (Lipinski definition) is 4. The zero-order valence-corrected chi connectivity index (χ0v) is 12.2. The molecule has 0 aliphatic rings. The lowest BCUT2D eigenvalue weighted by Crippen LogP contribution is -2.39. The third-order valence-corrected chi connectivity index (χ3v) is 4.96. The van der Waals surface area contributed by atoms with Crippen molar-refractivity contribution in [1.29, 1.82) is 0 Å². The molecule has 0 saturated heterocycles. The molecule has 0 spiro atoms. The average molecular weight is 293 g/mol. The summed E-state index contributed by atoms with van der Waals surface area (Å²) in [6, 6.07) is 1.28. The highest BCUT2D eigenvalue weighted by molar-refractivity contribution is 7.89. The van der Waals surface area contributed by atoms with Crippen LogP contribution in [-0.2, 0) is 14.8 Å². The van der Waals surface area contributed by atoms with Gasteiger partial charge in [0.25, 0.3) is 0 Å². The Bertz CT molecular complexity index is 491. The molecule has 1 heterocycles. The van der Waals surface area contributed by atoms with Gasteiger partial charge in [0.05, 0.1) is 11.6 Å². The second-order valence-electron chi connectivity index (χ2n) is 4.01. The zero-order chi connectivity index (χ0) is 13.8. The Morgan fingerprint density at radius 1 is 1.50 bits per heavy atom. The highest BCUT2D eigenvalue weighted by Gasteiger charge is 2.28. The number of pyridine rings is 1. The van der Waals surface area contributed by atoms with Gasteiger partial charge in [0.1, 0.15) is 4.90 Å². The number of sulfonamides is 1. The summed E-state index contributed by atoms with van der Waals surface area (Å²) in [5.41, 5.74) is 0. The second-order valence-corrected chi connectivity index (χ2v) is 6.27. The van der Waals surface area contributed by atoms with Crippen LogP contribution in [0.5, 0.6) is 0 Å². The largest absolute Gasteiger partial charge is 0.383 e. The Hall–Kier alpha value is -0.690. The molecule has 0 aromatic carbocycles. The average Bonchev–Trinajstić information content (AvgIpc) is 2.29. The van der Waals surface area contributed by atoms with Gasteiger partial charge < -0.3 is 4.74 Å². The van der Waals surface area contributed by atoms with E-state index < -0.39 is 10.0 Å². The second kappa shape index (κ2) is 6.47. The standard InChI is InChI=1S/C11H17ClN2O3S/c1-9(2)14(6-7-17-3)18(15,16)11-8-13-5-4-10(11)12/h4-5,8-9H,6-7H2,1-3H3. The maximum Gasteiger partial charge on any atom is 0.246 e. The van der Waals surface area contributed by atoms with Crippen molar-refractivity contribution in [3.05, 3.63) is 23.5 Å². The highest BCUT2D eigenvalue weighted by atomic mass is 35.5. The number of ether oxygens (including phenoxy) is 1. The van der Waals surface area contributed by atoms with Crippen molar-refractivity contribution in [3.63, 3.8) is 0 Å². The van der Waals surface area contributed by atoms with E-state index in [2.05, 4.69) is 4.98 Å². The Balaban J connectivity index is 3.14. The Morgan fingerprint density at radius 3 is 2.67 bits per heavy atom. The summed E-state index contributed by atoms with van der Waals surface area (Å²) in [6.07, 6.45) is 2.72. The molecule has 5 nitrogen and oxygen atoms in total. The van der Waals surface area contributed by atoms with Crippen molar-refractivity contribution in [2.45, 2.75) is 24.8 Å². The van der Waals surface area contributed by atoms with E-state index in [9.17, 15) is 8.42 Å². The van der Waals surface area contributed by atoms with Gasteiger partial charge in [0, 0.05) is 32.1 Å². The van der Waals surface area contributed by atoms with Crippen LogP contribution in [-0.4, -0.2) is 44.0 Å². The van der Waals surface area contributed by atoms with Crippen molar-refractivity contribution >= 4 is 21.6 Å². The van der Waals surface area contributed by atoms with Gasteiger partial charge >= 0.3 is 0 Å². The molecule has 1 aromatic heterocycles. The molecule has 7 heteroatoms. The third-order valence-electron chi connectivity index (χ3n) is 2.41. The lowest BCUT2D eigenvalue weighted by molar-refractivity contribution is 0.171. The number of rotatable bonds is 6. The first-order valence-corrected chi connectivity index (χ1v) is 7.33. The van der Waals surface area contributed by atoms with Gasteiger partial charge in [-0.2, -0.15) is 4.31 Å². The van der Waals surface area contributed by atoms with E-state index in [1.54, 1.807) is 13.8 Å². The molecule has 1 aromatic rings. The molecule has 0 atom stereocenters. The van der Waals surface area contributed by atoms with Crippen LogP contribution in [0.4, 0.5) is 0 Å². The predicted octanol–water partition coefficient (Wildman–Crippen LogP) is 1.78. The molecule has 18 heavy (non-hydrogen) atoms. The topological polar surface area (TPSA) is 59.5 Å². The van der Waals surface area contributed by atoms with Crippen molar-refractivity contribution < 1.29 is 13.2 Å². The molecular weight excluding hydrogens is 276 g/mol. The van der Waals surface area contributed by atoms with E-state index in [0.29, 0.717) is 6.61 Å². The maximum atomic E-state index is 12.4. The van der Waals surface area contributed by atoms with Gasteiger partial charge in [0.15, 0.2) is 0 Å². The van der Waals surface area contributed by atoms with Crippen LogP contribution in [0, 0.1) is 0 Å². The maximum absolute atomic E-state index is 12.4. The highest BCUT2D eigenvalue weighted by Crippen LogP contribution is 2.24. The molecule has 0 fully saturated rings. The summed E-state index contributed by atoms with van der Waals surface area (Å²) in [6.45, 7) is 4.21. The summed E-state index contributed by atoms with van der Waals surface area (Å²) < 4.78 is 31.2. The Labute approximate surface area is 113 Å². The number of aromatic nitrogens is 1. The summed E-state index contributed by atoms with van der Waals surface area (Å²) in [5, 5.41) is 0.174. The molecule has 1 rings (SSSR count). The van der Waals surface area contributed by atoms with Crippen LogP contribution in [0.25, 0.3) is 0 Å². The van der Waals surface area contributed by atoms with Crippen molar-refractivity contribution in [3.8, 4) is 0 Å². The summed E-state index contributed by atoms with van der Waals surface area (Å²) >= 11 is 5.91. The minimum Gasteiger partial charge on any atom is -0.383 e. The number of halogens is 1. The SMILES string of the molecule is COCCN(C(C)C)S(=O)(=O)c1cnccc1Cl. The molecule has 102 valence electrons. The summed E-state index contributed by atoms with van der Waals surface area (Å²) in [5.74, 6) is 0. The van der Waals surface area contributed by atoms with Crippen LogP contribution in [0.3, 0.4) is 0 Å². The molecule has 0 aliphatic carbocycles. The van der Waals surface area contributed by atoms with Crippen LogP contribution < -0.4 is 0 Å². The molecular formula is C11H17ClN2O3S. The smallest absolute Gasteiger partial charge is 0.246 e. The van der Waals surface area contributed by atoms with Crippen LogP contribution in [0.2, 0.25) is 5.02 Å². The van der Waals surface area contributed by atoms with Crippen LogP contribution in [0.1, 0.15) is 13.8 Å². The van der Waals surface area contributed by atoms with Gasteiger partial charge in [-0.05, 0) is 19.9 Å². The predicted molar refractivity (Wildman–Crippen MR) is 70.2 cm³/mol. The normalized spacial score (nSPS) is 12.3. The lowest BCUT2D eigenvalue weighted by atomic mass is 10.4. The van der Waals surface area contributed by atoms with E-state index in [4.69, 9.17) is 16.3 Å². The third kappa shape index (κ3) is 3.41. The van der Waals surface area contributed by atoms with Gasteiger partial charge in [-0.15, -0.1) is 0 Å². The van der Waals surface area contributed by atoms with E-state index >= 15 is 0 Å². The van der Waals surface area contributed by atoms with Gasteiger partial charge in [-0.25, -0.2) is 8.42 Å². The minimum atomic E-state index is -3.64. The van der Waals surface area contributed by atoms with Crippen molar-refractivity contribution in [2.75, 3.05) is 20.3 Å². The van der Waals surface area contributed by atoms with E-state index in [1.165, 1.54) is 29.9 Å². The Kier molecular flexibility index (Phi) is 5.52. The first-order chi connectivity index (χ1) is 8.41. The van der Waals surface area contributed by atoms with E-state index in [1.807, 2.05) is 0 Å². The van der Waals surface area contributed by atoms with Crippen molar-refractivity contribution in [1.82, 2.24) is 9.29 Å². The Morgan fingerprint density at radius 2 is 2.17 bits per heavy atom. The summed E-state index contributed by atoms with van der Waals surface area (Å²) in [4.78, 5) is 3.84. The van der Waals surface area contributed by atoms with Gasteiger partial charge in [-0.3, -0.25) is 4.98 Å². The van der Waals surface area contributed by atoms with E-state index in [-0.39, 0.29) is 22.5 Å². The molecule has 0 bridgehead atoms. The monoisotopic (exact) mass is 292 g/mol. The van der Waals surface area contributed by atoms with Crippen LogP contribution >= 0.6 is 11.6 Å². The molecule has 0 unspecified atom stereocenters. The molecule has 0 saturated carbocycles. The molecule has 0 aliphatic heterocycles. The quantitative estimate of drug-likeness (QED) is 0.802. The van der Waals surface area contributed by atoms with Crippen LogP contribution in [0.15, 0.2) is 23.4 Å². The van der Waals surface area contributed by atoms with Crippen molar-refractivity contribution in [2.24, 2.45) is 0 Å². The fraction of sp³-hybridized carbons (Fsp3) is 0.545. The number of hydrogen-bond donors (Lipinski definition) is 0. The fourth-order valence-corrected chi connectivity index (χ4v) is 3.55. The first kappa shape index (κ1) is 15.4.